The third-order valence-corrected chi connectivity index (χ3v) is 4.30. The number of hydrogen-bond acceptors (Lipinski definition) is 6. The highest BCUT2D eigenvalue weighted by Crippen LogP contribution is 2.22. The Bertz CT molecular complexity index is 718. The molecule has 1 saturated heterocycles. The Morgan fingerprint density at radius 2 is 2.08 bits per heavy atom. The average Bonchev–Trinajstić information content (AvgIpc) is 2.63. The van der Waals surface area contributed by atoms with E-state index < -0.39 is 0 Å². The summed E-state index contributed by atoms with van der Waals surface area (Å²) < 4.78 is 0. The van der Waals surface area contributed by atoms with Gasteiger partial charge < -0.3 is 15.1 Å². The standard InChI is InChI=1S/C18H22N6/c1-3-23-8-10-24(11-9-23)18-21-14(2)12-17(22-18)15(13-19)16-6-4-5-7-20-16/h4-7,12H,3,8-11H2,1-2H3,(H,21,22)/b17-15+. The van der Waals surface area contributed by atoms with Gasteiger partial charge >= 0.3 is 0 Å². The van der Waals surface area contributed by atoms with Crippen LogP contribution in [0.2, 0.25) is 0 Å². The molecule has 0 bridgehead atoms. The van der Waals surface area contributed by atoms with Crippen molar-refractivity contribution in [1.29, 1.82) is 5.26 Å². The molecule has 3 heterocycles. The van der Waals surface area contributed by atoms with E-state index >= 15 is 0 Å². The van der Waals surface area contributed by atoms with Gasteiger partial charge in [-0.25, -0.2) is 4.99 Å². The molecule has 1 aromatic rings. The van der Waals surface area contributed by atoms with E-state index in [9.17, 15) is 5.26 Å². The van der Waals surface area contributed by atoms with E-state index in [4.69, 9.17) is 4.99 Å². The van der Waals surface area contributed by atoms with Crippen LogP contribution in [0.5, 0.6) is 0 Å². The lowest BCUT2D eigenvalue weighted by molar-refractivity contribution is 0.187. The first-order valence-electron chi connectivity index (χ1n) is 8.28. The number of guanidine groups is 1. The first-order chi connectivity index (χ1) is 11.7. The van der Waals surface area contributed by atoms with Gasteiger partial charge in [-0.15, -0.1) is 0 Å². The zero-order valence-electron chi connectivity index (χ0n) is 14.2. The predicted octanol–water partition coefficient (Wildman–Crippen LogP) is 1.82. The van der Waals surface area contributed by atoms with Crippen molar-refractivity contribution in [3.05, 3.63) is 47.6 Å². The summed E-state index contributed by atoms with van der Waals surface area (Å²) >= 11 is 0. The van der Waals surface area contributed by atoms with Crippen molar-refractivity contribution in [3.63, 3.8) is 0 Å². The number of piperazine rings is 1. The van der Waals surface area contributed by atoms with Crippen molar-refractivity contribution in [2.24, 2.45) is 4.99 Å². The summed E-state index contributed by atoms with van der Waals surface area (Å²) in [6.07, 6.45) is 3.60. The number of nitrogens with one attached hydrogen (secondary N) is 1. The zero-order chi connectivity index (χ0) is 16.9. The smallest absolute Gasteiger partial charge is 0.203 e. The molecule has 0 spiro atoms. The number of nitriles is 1. The van der Waals surface area contributed by atoms with Crippen LogP contribution in [-0.4, -0.2) is 53.5 Å². The number of nitrogens with zero attached hydrogens (tertiary/aromatic N) is 5. The monoisotopic (exact) mass is 322 g/mol. The van der Waals surface area contributed by atoms with Gasteiger partial charge in [0.1, 0.15) is 11.6 Å². The molecule has 2 aliphatic heterocycles. The van der Waals surface area contributed by atoms with Crippen LogP contribution < -0.4 is 5.32 Å². The van der Waals surface area contributed by atoms with Gasteiger partial charge in [-0.3, -0.25) is 4.98 Å². The number of rotatable bonds is 2. The van der Waals surface area contributed by atoms with Crippen LogP contribution in [0.4, 0.5) is 0 Å². The van der Waals surface area contributed by atoms with Crippen molar-refractivity contribution >= 4 is 11.5 Å². The lowest BCUT2D eigenvalue weighted by Crippen LogP contribution is -2.52. The number of aliphatic imine (C=N–C) groups is 1. The highest BCUT2D eigenvalue weighted by molar-refractivity contribution is 5.88. The van der Waals surface area contributed by atoms with E-state index in [-0.39, 0.29) is 0 Å². The SMILES string of the molecule is CCN1CCN(C2=N/C(=C(\C#N)c3ccccn3)C=C(C)N2)CC1. The maximum atomic E-state index is 9.59. The fourth-order valence-electron chi connectivity index (χ4n) is 2.90. The number of likely N-dealkylation sites (N-methyl/N-ethyl adjacent to an activating group) is 1. The molecule has 0 amide bonds. The summed E-state index contributed by atoms with van der Waals surface area (Å²) in [7, 11) is 0. The maximum absolute atomic E-state index is 9.59. The predicted molar refractivity (Wildman–Crippen MR) is 94.8 cm³/mol. The van der Waals surface area contributed by atoms with E-state index in [0.717, 1.165) is 44.4 Å². The first kappa shape index (κ1) is 16.2. The fourth-order valence-corrected chi connectivity index (χ4v) is 2.90. The Balaban J connectivity index is 1.91. The molecule has 0 aliphatic carbocycles. The van der Waals surface area contributed by atoms with Gasteiger partial charge in [0.15, 0.2) is 0 Å². The molecule has 6 nitrogen and oxygen atoms in total. The lowest BCUT2D eigenvalue weighted by atomic mass is 10.1. The number of aromatic nitrogens is 1. The summed E-state index contributed by atoms with van der Waals surface area (Å²) in [6, 6.07) is 7.82. The van der Waals surface area contributed by atoms with Crippen LogP contribution in [0.15, 0.2) is 46.9 Å². The molecule has 0 atom stereocenters. The van der Waals surface area contributed by atoms with Crippen molar-refractivity contribution in [2.45, 2.75) is 13.8 Å². The van der Waals surface area contributed by atoms with Gasteiger partial charge in [0.25, 0.3) is 0 Å². The Morgan fingerprint density at radius 1 is 1.29 bits per heavy atom. The molecule has 3 rings (SSSR count). The maximum Gasteiger partial charge on any atom is 0.203 e. The Morgan fingerprint density at radius 3 is 2.71 bits per heavy atom. The summed E-state index contributed by atoms with van der Waals surface area (Å²) in [6.45, 7) is 9.19. The van der Waals surface area contributed by atoms with Crippen molar-refractivity contribution in [1.82, 2.24) is 20.1 Å². The molecule has 0 saturated carbocycles. The van der Waals surface area contributed by atoms with Gasteiger partial charge in [0.05, 0.1) is 11.4 Å². The third-order valence-electron chi connectivity index (χ3n) is 4.30. The van der Waals surface area contributed by atoms with Gasteiger partial charge in [-0.2, -0.15) is 5.26 Å². The number of hydrogen-bond donors (Lipinski definition) is 1. The van der Waals surface area contributed by atoms with Crippen LogP contribution in [0.3, 0.4) is 0 Å². The lowest BCUT2D eigenvalue weighted by Gasteiger charge is -2.36. The van der Waals surface area contributed by atoms with Crippen LogP contribution in [0, 0.1) is 11.3 Å². The van der Waals surface area contributed by atoms with Gasteiger partial charge in [-0.05, 0) is 31.7 Å². The summed E-state index contributed by atoms with van der Waals surface area (Å²) in [4.78, 5) is 13.7. The largest absolute Gasteiger partial charge is 0.340 e. The summed E-state index contributed by atoms with van der Waals surface area (Å²) in [5.41, 5.74) is 2.80. The van der Waals surface area contributed by atoms with E-state index in [1.54, 1.807) is 6.20 Å². The van der Waals surface area contributed by atoms with Crippen molar-refractivity contribution in [3.8, 4) is 6.07 Å². The van der Waals surface area contributed by atoms with E-state index in [0.29, 0.717) is 17.0 Å². The normalized spacial score (nSPS) is 20.6. The highest BCUT2D eigenvalue weighted by Gasteiger charge is 2.22. The summed E-state index contributed by atoms with van der Waals surface area (Å²) in [5, 5.41) is 12.9. The van der Waals surface area contributed by atoms with E-state index in [2.05, 4.69) is 33.1 Å². The highest BCUT2D eigenvalue weighted by atomic mass is 15.4. The molecule has 1 aromatic heterocycles. The molecule has 6 heteroatoms. The van der Waals surface area contributed by atoms with Crippen LogP contribution in [-0.2, 0) is 0 Å². The second-order valence-electron chi connectivity index (χ2n) is 5.90. The molecule has 124 valence electrons. The van der Waals surface area contributed by atoms with Crippen LogP contribution >= 0.6 is 0 Å². The van der Waals surface area contributed by atoms with Crippen LogP contribution in [0.25, 0.3) is 5.57 Å². The van der Waals surface area contributed by atoms with Crippen LogP contribution in [0.1, 0.15) is 19.5 Å². The van der Waals surface area contributed by atoms with Crippen molar-refractivity contribution in [2.75, 3.05) is 32.7 Å². The molecule has 24 heavy (non-hydrogen) atoms. The summed E-state index contributed by atoms with van der Waals surface area (Å²) in [5.74, 6) is 0.824. The van der Waals surface area contributed by atoms with E-state index in [1.165, 1.54) is 0 Å². The molecule has 0 radical (unpaired) electrons. The minimum atomic E-state index is 0.501. The molecule has 0 aromatic carbocycles. The molecular weight excluding hydrogens is 300 g/mol. The molecule has 1 N–H and O–H groups in total. The van der Waals surface area contributed by atoms with E-state index in [1.807, 2.05) is 31.2 Å². The minimum Gasteiger partial charge on any atom is -0.340 e. The second-order valence-corrected chi connectivity index (χ2v) is 5.90. The Kier molecular flexibility index (Phi) is 4.92. The second kappa shape index (κ2) is 7.28. The zero-order valence-corrected chi connectivity index (χ0v) is 14.2. The molecule has 0 unspecified atom stereocenters. The van der Waals surface area contributed by atoms with Gasteiger partial charge in [0.2, 0.25) is 5.96 Å². The quantitative estimate of drug-likeness (QED) is 0.841. The van der Waals surface area contributed by atoms with Crippen molar-refractivity contribution < 1.29 is 0 Å². The van der Waals surface area contributed by atoms with Gasteiger partial charge in [-0.1, -0.05) is 13.0 Å². The molecule has 1 fully saturated rings. The fraction of sp³-hybridized carbons (Fsp3) is 0.389. The third kappa shape index (κ3) is 3.47. The topological polar surface area (TPSA) is 67.5 Å². The molecular formula is C18H22N6. The first-order valence-corrected chi connectivity index (χ1v) is 8.28. The minimum absolute atomic E-state index is 0.501. The average molecular weight is 322 g/mol. The Labute approximate surface area is 142 Å². The van der Waals surface area contributed by atoms with Gasteiger partial charge in [0, 0.05) is 38.1 Å². The number of pyridine rings is 1. The Hall–Kier alpha value is -2.65. The number of allylic oxidation sites excluding steroid dienone is 3. The molecule has 2 aliphatic rings.